The average molecular weight is 471 g/mol. The largest absolute Gasteiger partial charge is 0.351 e. The molecule has 0 saturated heterocycles. The van der Waals surface area contributed by atoms with Gasteiger partial charge < -0.3 is 9.84 Å². The van der Waals surface area contributed by atoms with E-state index in [9.17, 15) is 0 Å². The van der Waals surface area contributed by atoms with Gasteiger partial charge in [0.05, 0.1) is 11.6 Å². The number of hydrogen-bond acceptors (Lipinski definition) is 5. The number of benzene rings is 3. The Morgan fingerprint density at radius 1 is 0.939 bits per heavy atom. The Balaban J connectivity index is 1.64. The molecule has 0 bridgehead atoms. The summed E-state index contributed by atoms with van der Waals surface area (Å²) in [6.45, 7) is 2.05. The molecule has 0 radical (unpaired) electrons. The lowest BCUT2D eigenvalue weighted by atomic mass is 9.94. The van der Waals surface area contributed by atoms with Crippen LogP contribution in [0.25, 0.3) is 17.0 Å². The molecule has 164 valence electrons. The first-order valence-electron chi connectivity index (χ1n) is 10.6. The second-order valence-corrected chi connectivity index (χ2v) is 8.88. The third-order valence-corrected chi connectivity index (χ3v) is 6.68. The molecule has 7 heteroatoms. The topological polar surface area (TPSA) is 54.2 Å². The van der Waals surface area contributed by atoms with E-state index in [-0.39, 0.29) is 6.04 Å². The van der Waals surface area contributed by atoms with E-state index in [1.54, 1.807) is 11.8 Å². The van der Waals surface area contributed by atoms with Crippen molar-refractivity contribution in [1.82, 2.24) is 15.5 Å². The summed E-state index contributed by atoms with van der Waals surface area (Å²) in [6, 6.07) is 28.2. The summed E-state index contributed by atoms with van der Waals surface area (Å²) >= 11 is 7.53. The lowest BCUT2D eigenvalue weighted by Crippen LogP contribution is -2.46. The van der Waals surface area contributed by atoms with Gasteiger partial charge in [0.1, 0.15) is 0 Å². The highest BCUT2D eigenvalue weighted by Crippen LogP contribution is 2.39. The number of nitrogens with zero attached hydrogens (tertiary/aromatic N) is 3. The number of thioether (sulfide) groups is 1. The Bertz CT molecular complexity index is 1300. The number of aromatic nitrogens is 2. The van der Waals surface area contributed by atoms with Crippen LogP contribution in [0.5, 0.6) is 0 Å². The van der Waals surface area contributed by atoms with Gasteiger partial charge in [-0.15, -0.1) is 11.8 Å². The highest BCUT2D eigenvalue weighted by molar-refractivity contribution is 7.98. The van der Waals surface area contributed by atoms with Gasteiger partial charge in [-0.05, 0) is 55.2 Å². The Kier molecular flexibility index (Phi) is 5.98. The van der Waals surface area contributed by atoms with E-state index >= 15 is 0 Å². The SMILES string of the molecule is CSc1ccc(N2C(=S)NC(c3ccccc3)C(c3nc(-c4ccccc4)no3)=C2C)cc1. The zero-order valence-corrected chi connectivity index (χ0v) is 19.9. The molecule has 0 amide bonds. The van der Waals surface area contributed by atoms with Crippen LogP contribution >= 0.6 is 24.0 Å². The molecule has 1 aliphatic rings. The van der Waals surface area contributed by atoms with Crippen LogP contribution in [0.1, 0.15) is 24.4 Å². The molecule has 5 rings (SSSR count). The van der Waals surface area contributed by atoms with Crippen LogP contribution < -0.4 is 10.2 Å². The molecule has 1 N–H and O–H groups in total. The van der Waals surface area contributed by atoms with Crippen molar-refractivity contribution in [3.05, 3.63) is 102 Å². The van der Waals surface area contributed by atoms with Crippen molar-refractivity contribution < 1.29 is 4.52 Å². The van der Waals surface area contributed by atoms with E-state index in [1.165, 1.54) is 4.90 Å². The molecule has 4 aromatic rings. The standard InChI is InChI=1S/C26H22N4OS2/c1-17-22(25-28-24(29-31-25)19-11-7-4-8-12-19)23(18-9-5-3-6-10-18)27-26(32)30(17)20-13-15-21(33-2)16-14-20/h3-16,23H,1-2H3,(H,27,32). The van der Waals surface area contributed by atoms with Crippen LogP contribution in [0.15, 0.2) is 100 Å². The summed E-state index contributed by atoms with van der Waals surface area (Å²) in [7, 11) is 0. The maximum absolute atomic E-state index is 5.82. The predicted octanol–water partition coefficient (Wildman–Crippen LogP) is 6.33. The smallest absolute Gasteiger partial charge is 0.258 e. The predicted molar refractivity (Wildman–Crippen MR) is 138 cm³/mol. The summed E-state index contributed by atoms with van der Waals surface area (Å²) in [5.74, 6) is 1.03. The fraction of sp³-hybridized carbons (Fsp3) is 0.115. The third kappa shape index (κ3) is 4.17. The Morgan fingerprint density at radius 2 is 1.61 bits per heavy atom. The minimum absolute atomic E-state index is 0.204. The third-order valence-electron chi connectivity index (χ3n) is 5.64. The maximum atomic E-state index is 5.82. The number of allylic oxidation sites excluding steroid dienone is 1. The van der Waals surface area contributed by atoms with Gasteiger partial charge >= 0.3 is 0 Å². The normalized spacial score (nSPS) is 16.1. The zero-order valence-electron chi connectivity index (χ0n) is 18.2. The van der Waals surface area contributed by atoms with Crippen LogP contribution in [0.2, 0.25) is 0 Å². The van der Waals surface area contributed by atoms with Crippen LogP contribution in [-0.4, -0.2) is 21.5 Å². The summed E-state index contributed by atoms with van der Waals surface area (Å²) in [5, 5.41) is 8.40. The van der Waals surface area contributed by atoms with E-state index in [0.29, 0.717) is 16.8 Å². The molecule has 1 aromatic heterocycles. The number of thiocarbonyl (C=S) groups is 1. The molecule has 1 unspecified atom stereocenters. The molecular weight excluding hydrogens is 448 g/mol. The first-order chi connectivity index (χ1) is 16.2. The molecule has 0 spiro atoms. The Hall–Kier alpha value is -3.42. The van der Waals surface area contributed by atoms with Crippen LogP contribution in [0, 0.1) is 0 Å². The van der Waals surface area contributed by atoms with Gasteiger partial charge in [-0.25, -0.2) is 0 Å². The van der Waals surface area contributed by atoms with Gasteiger partial charge in [0.2, 0.25) is 5.82 Å². The van der Waals surface area contributed by atoms with Crippen molar-refractivity contribution in [2.45, 2.75) is 17.9 Å². The van der Waals surface area contributed by atoms with E-state index in [0.717, 1.165) is 28.1 Å². The quantitative estimate of drug-likeness (QED) is 0.270. The van der Waals surface area contributed by atoms with Crippen molar-refractivity contribution in [1.29, 1.82) is 0 Å². The van der Waals surface area contributed by atoms with Crippen LogP contribution in [0.3, 0.4) is 0 Å². The van der Waals surface area contributed by atoms with Crippen LogP contribution in [-0.2, 0) is 0 Å². The molecule has 1 atom stereocenters. The minimum Gasteiger partial charge on any atom is -0.351 e. The van der Waals surface area contributed by atoms with E-state index in [4.69, 9.17) is 21.7 Å². The Labute approximate surface area is 202 Å². The van der Waals surface area contributed by atoms with E-state index < -0.39 is 0 Å². The van der Waals surface area contributed by atoms with Gasteiger partial charge in [0.15, 0.2) is 5.11 Å². The second kappa shape index (κ2) is 9.21. The number of hydrogen-bond donors (Lipinski definition) is 1. The lowest BCUT2D eigenvalue weighted by Gasteiger charge is -2.37. The summed E-state index contributed by atoms with van der Waals surface area (Å²) in [4.78, 5) is 7.99. The van der Waals surface area contributed by atoms with Crippen molar-refractivity contribution >= 4 is 40.4 Å². The zero-order chi connectivity index (χ0) is 22.8. The van der Waals surface area contributed by atoms with Gasteiger partial charge in [-0.3, -0.25) is 4.90 Å². The fourth-order valence-electron chi connectivity index (χ4n) is 4.00. The van der Waals surface area contributed by atoms with Gasteiger partial charge in [-0.2, -0.15) is 4.98 Å². The molecular formula is C26H22N4OS2. The highest BCUT2D eigenvalue weighted by Gasteiger charge is 2.34. The monoisotopic (exact) mass is 470 g/mol. The van der Waals surface area contributed by atoms with Crippen molar-refractivity contribution in [3.8, 4) is 11.4 Å². The van der Waals surface area contributed by atoms with E-state index in [2.05, 4.69) is 53.1 Å². The van der Waals surface area contributed by atoms with Crippen molar-refractivity contribution in [2.24, 2.45) is 0 Å². The highest BCUT2D eigenvalue weighted by atomic mass is 32.2. The molecule has 1 aliphatic heterocycles. The lowest BCUT2D eigenvalue weighted by molar-refractivity contribution is 0.404. The molecule has 0 aliphatic carbocycles. The average Bonchev–Trinajstić information content (AvgIpc) is 3.35. The maximum Gasteiger partial charge on any atom is 0.258 e. The molecule has 5 nitrogen and oxygen atoms in total. The van der Waals surface area contributed by atoms with Gasteiger partial charge in [-0.1, -0.05) is 65.8 Å². The second-order valence-electron chi connectivity index (χ2n) is 7.61. The van der Waals surface area contributed by atoms with Crippen molar-refractivity contribution in [3.63, 3.8) is 0 Å². The fourth-order valence-corrected chi connectivity index (χ4v) is 4.76. The molecule has 33 heavy (non-hydrogen) atoms. The first kappa shape index (κ1) is 21.4. The number of anilines is 1. The minimum atomic E-state index is -0.204. The van der Waals surface area contributed by atoms with Gasteiger partial charge in [0.25, 0.3) is 5.89 Å². The Morgan fingerprint density at radius 3 is 2.27 bits per heavy atom. The van der Waals surface area contributed by atoms with Crippen LogP contribution in [0.4, 0.5) is 5.69 Å². The van der Waals surface area contributed by atoms with Crippen molar-refractivity contribution in [2.75, 3.05) is 11.2 Å². The molecule has 0 fully saturated rings. The molecule has 0 saturated carbocycles. The summed E-state index contributed by atoms with van der Waals surface area (Å²) < 4.78 is 5.80. The number of rotatable bonds is 5. The molecule has 3 aromatic carbocycles. The first-order valence-corrected chi connectivity index (χ1v) is 12.2. The number of nitrogens with one attached hydrogen (secondary N) is 1. The van der Waals surface area contributed by atoms with E-state index in [1.807, 2.05) is 60.4 Å². The molecule has 2 heterocycles. The summed E-state index contributed by atoms with van der Waals surface area (Å²) in [5.41, 5.74) is 4.82. The summed E-state index contributed by atoms with van der Waals surface area (Å²) in [6.07, 6.45) is 2.07. The van der Waals surface area contributed by atoms with Gasteiger partial charge in [0, 0.05) is 21.8 Å².